The first-order valence-electron chi connectivity index (χ1n) is 23.3. The van der Waals surface area contributed by atoms with Crippen molar-refractivity contribution in [3.8, 4) is 0 Å². The van der Waals surface area contributed by atoms with E-state index in [9.17, 15) is 32.1 Å². The Bertz CT molecular complexity index is 1100. The third kappa shape index (κ3) is 37.1. The summed E-state index contributed by atoms with van der Waals surface area (Å²) >= 11 is 0. The molecule has 0 amide bonds. The summed E-state index contributed by atoms with van der Waals surface area (Å²) in [5.41, 5.74) is 0. The molecule has 0 aromatic rings. The van der Waals surface area contributed by atoms with Crippen LogP contribution >= 0.6 is 0 Å². The van der Waals surface area contributed by atoms with Gasteiger partial charge in [0.25, 0.3) is 0 Å². The van der Waals surface area contributed by atoms with Gasteiger partial charge in [0.15, 0.2) is 5.25 Å². The number of carbonyl (C=O) groups excluding carboxylic acids is 4. The van der Waals surface area contributed by atoms with Crippen LogP contribution in [-0.4, -0.2) is 68.5 Å². The Hall–Kier alpha value is -1.21. The molecule has 5 unspecified atom stereocenters. The molecule has 0 rings (SSSR count). The summed E-state index contributed by atoms with van der Waals surface area (Å²) in [6.45, 7) is 18.2. The van der Waals surface area contributed by atoms with Crippen LogP contribution in [0.1, 0.15) is 216 Å². The average Bonchev–Trinajstić information content (AvgIpc) is 3.20. The molecule has 0 saturated heterocycles. The van der Waals surface area contributed by atoms with E-state index in [0.717, 1.165) is 116 Å². The maximum absolute atomic E-state index is 12.1. The summed E-state index contributed by atoms with van der Waals surface area (Å²) in [4.78, 5) is 47.9. The van der Waals surface area contributed by atoms with E-state index in [4.69, 9.17) is 18.9 Å². The maximum atomic E-state index is 12.1. The van der Waals surface area contributed by atoms with Gasteiger partial charge in [-0.05, 0) is 62.2 Å². The topological polar surface area (TPSA) is 162 Å². The summed E-state index contributed by atoms with van der Waals surface area (Å²) in [7, 11) is -5.01. The van der Waals surface area contributed by atoms with E-state index in [2.05, 4.69) is 41.5 Å². The van der Waals surface area contributed by atoms with Gasteiger partial charge in [0, 0.05) is 12.8 Å². The van der Waals surface area contributed by atoms with Gasteiger partial charge in [-0.2, -0.15) is 0 Å². The first-order valence-corrected chi connectivity index (χ1v) is 24.8. The van der Waals surface area contributed by atoms with E-state index >= 15 is 0 Å². The number of rotatable bonds is 37. The van der Waals surface area contributed by atoms with Crippen LogP contribution in [0.4, 0.5) is 0 Å². The van der Waals surface area contributed by atoms with Crippen molar-refractivity contribution in [3.05, 3.63) is 0 Å². The predicted molar refractivity (Wildman–Crippen MR) is 232 cm³/mol. The fraction of sp³-hybridized carbons (Fsp3) is 0.913. The van der Waals surface area contributed by atoms with Gasteiger partial charge in [-0.3, -0.25) is 19.2 Å². The molecule has 0 saturated carbocycles. The van der Waals surface area contributed by atoms with Crippen molar-refractivity contribution >= 4 is 34.0 Å². The molecule has 0 heterocycles. The minimum atomic E-state index is -5.01. The Morgan fingerprint density at radius 1 is 0.441 bits per heavy atom. The van der Waals surface area contributed by atoms with Gasteiger partial charge in [-0.1, -0.05) is 158 Å². The Morgan fingerprint density at radius 2 is 0.729 bits per heavy atom. The van der Waals surface area contributed by atoms with Crippen molar-refractivity contribution in [3.63, 3.8) is 0 Å². The van der Waals surface area contributed by atoms with E-state index in [1.807, 2.05) is 13.8 Å². The summed E-state index contributed by atoms with van der Waals surface area (Å²) < 4.78 is 55.5. The standard InChI is InChI=1S/C26H50O4.C20H38O7S.Na/c1-5-9-17-23(7-3)21-29-25(27)19-15-13-11-12-14-16-20-26(28)30-22-24(8-4)18-10-6-2;1-5-9-11-16(7-3)14-26-19(21)13-18(28(23,24)25)20(22)27-15-17(8-4)12-10-6-2;/h23-24H,5-22H2,1-4H3;16-18H,5-15H2,1-4H3,(H,23,24,25);/q;;+1/p-1. The van der Waals surface area contributed by atoms with E-state index < -0.39 is 33.7 Å². The summed E-state index contributed by atoms with van der Waals surface area (Å²) in [6.07, 6.45) is 23.1. The van der Waals surface area contributed by atoms with Gasteiger partial charge in [-0.15, -0.1) is 0 Å². The van der Waals surface area contributed by atoms with Crippen LogP contribution in [-0.2, 0) is 48.2 Å². The van der Waals surface area contributed by atoms with Crippen molar-refractivity contribution in [2.24, 2.45) is 23.7 Å². The molecule has 0 fully saturated rings. The molecule has 0 aliphatic rings. The van der Waals surface area contributed by atoms with Crippen LogP contribution < -0.4 is 29.6 Å². The Morgan fingerprint density at radius 3 is 1.02 bits per heavy atom. The average molecular weight is 871 g/mol. The number of hydrogen-bond donors (Lipinski definition) is 0. The Labute approximate surface area is 383 Å². The number of carbonyl (C=O) groups is 4. The molecule has 59 heavy (non-hydrogen) atoms. The molecule has 13 heteroatoms. The fourth-order valence-electron chi connectivity index (χ4n) is 6.42. The summed E-state index contributed by atoms with van der Waals surface area (Å²) in [5, 5.41) is -2.06. The van der Waals surface area contributed by atoms with E-state index in [-0.39, 0.29) is 66.5 Å². The molecule has 0 aromatic carbocycles. The monoisotopic (exact) mass is 871 g/mol. The van der Waals surface area contributed by atoms with Crippen molar-refractivity contribution < 1.29 is 80.7 Å². The van der Waals surface area contributed by atoms with Gasteiger partial charge >= 0.3 is 53.4 Å². The molecular weight excluding hydrogens is 784 g/mol. The second-order valence-corrected chi connectivity index (χ2v) is 17.7. The molecule has 0 aliphatic heterocycles. The van der Waals surface area contributed by atoms with Crippen LogP contribution in [0, 0.1) is 23.7 Å². The summed E-state index contributed by atoms with van der Waals surface area (Å²) in [5.74, 6) is -0.797. The van der Waals surface area contributed by atoms with Gasteiger partial charge < -0.3 is 23.5 Å². The van der Waals surface area contributed by atoms with Gasteiger partial charge in [-0.25, -0.2) is 8.42 Å². The van der Waals surface area contributed by atoms with E-state index in [1.54, 1.807) is 0 Å². The van der Waals surface area contributed by atoms with Crippen molar-refractivity contribution in [1.29, 1.82) is 0 Å². The number of unbranched alkanes of at least 4 members (excludes halogenated alkanes) is 9. The molecule has 0 radical (unpaired) electrons. The largest absolute Gasteiger partial charge is 1.00 e. The quantitative estimate of drug-likeness (QED) is 0.0194. The minimum Gasteiger partial charge on any atom is -0.747 e. The SMILES string of the molecule is CCCCC(CC)COC(=O)CC(C(=O)OCC(CC)CCCC)S(=O)(=O)[O-].CCCCC(CC)COC(=O)CCCCCCCCC(=O)OCC(CC)CCCC.[Na+]. The van der Waals surface area contributed by atoms with Gasteiger partial charge in [0.1, 0.15) is 10.1 Å². The predicted octanol–water partition coefficient (Wildman–Crippen LogP) is 8.44. The minimum absolute atomic E-state index is 0. The molecule has 0 aliphatic carbocycles. The number of esters is 4. The normalized spacial score (nSPS) is 13.7. The molecule has 0 bridgehead atoms. The Kier molecular flexibility index (Phi) is 44.3. The third-order valence-corrected chi connectivity index (χ3v) is 12.1. The molecule has 11 nitrogen and oxygen atoms in total. The molecule has 0 N–H and O–H groups in total. The van der Waals surface area contributed by atoms with Gasteiger partial charge in [0.2, 0.25) is 0 Å². The number of hydrogen-bond acceptors (Lipinski definition) is 11. The molecular formula is C46H87NaO11S. The van der Waals surface area contributed by atoms with E-state index in [0.29, 0.717) is 37.9 Å². The third-order valence-electron chi connectivity index (χ3n) is 11.0. The summed E-state index contributed by atoms with van der Waals surface area (Å²) in [6, 6.07) is 0. The van der Waals surface area contributed by atoms with Crippen LogP contribution in [0.15, 0.2) is 0 Å². The van der Waals surface area contributed by atoms with Crippen molar-refractivity contribution in [2.75, 3.05) is 26.4 Å². The van der Waals surface area contributed by atoms with Gasteiger partial charge in [0.05, 0.1) is 32.8 Å². The van der Waals surface area contributed by atoms with Crippen molar-refractivity contribution in [2.45, 2.75) is 221 Å². The fourth-order valence-corrected chi connectivity index (χ4v) is 7.07. The molecule has 5 atom stereocenters. The number of ether oxygens (including phenoxy) is 4. The second-order valence-electron chi connectivity index (χ2n) is 16.2. The van der Waals surface area contributed by atoms with Crippen LogP contribution in [0.25, 0.3) is 0 Å². The Balaban J connectivity index is -0.00000105. The van der Waals surface area contributed by atoms with Crippen LogP contribution in [0.2, 0.25) is 0 Å². The van der Waals surface area contributed by atoms with Crippen molar-refractivity contribution in [1.82, 2.24) is 0 Å². The zero-order chi connectivity index (χ0) is 44.0. The smallest absolute Gasteiger partial charge is 0.747 e. The van der Waals surface area contributed by atoms with E-state index in [1.165, 1.54) is 25.7 Å². The first kappa shape index (κ1) is 62.1. The molecule has 0 spiro atoms. The maximum Gasteiger partial charge on any atom is 1.00 e. The second kappa shape index (κ2) is 42.1. The van der Waals surface area contributed by atoms with Crippen LogP contribution in [0.5, 0.6) is 0 Å². The molecule has 0 aromatic heterocycles. The zero-order valence-corrected chi connectivity index (χ0v) is 42.1. The first-order chi connectivity index (χ1) is 27.8. The van der Waals surface area contributed by atoms with Crippen LogP contribution in [0.3, 0.4) is 0 Å². The zero-order valence-electron chi connectivity index (χ0n) is 39.3. The molecule has 344 valence electrons.